The standard InChI is InChI=1S/C21H18O3S2/c1-24-18-14-12-17(13-15-18)21(25-19-8-4-2-5-9-19)16-26(22,23)20-10-6-3-7-11-20/h2-16H,1H3/b21-16+. The molecule has 0 bridgehead atoms. The molecule has 0 aliphatic rings. The third-order valence-corrected chi connectivity index (χ3v) is 6.39. The van der Waals surface area contributed by atoms with Gasteiger partial charge in [0.05, 0.1) is 17.4 Å². The maximum Gasteiger partial charge on any atom is 0.200 e. The number of thioether (sulfide) groups is 1. The van der Waals surface area contributed by atoms with Gasteiger partial charge in [-0.25, -0.2) is 8.42 Å². The number of sulfone groups is 1. The average Bonchev–Trinajstić information content (AvgIpc) is 2.69. The summed E-state index contributed by atoms with van der Waals surface area (Å²) < 4.78 is 30.8. The predicted octanol–water partition coefficient (Wildman–Crippen LogP) is 5.26. The van der Waals surface area contributed by atoms with Gasteiger partial charge in [0.15, 0.2) is 0 Å². The fourth-order valence-electron chi connectivity index (χ4n) is 2.34. The molecular weight excluding hydrogens is 364 g/mol. The maximum absolute atomic E-state index is 12.8. The number of hydrogen-bond donors (Lipinski definition) is 0. The van der Waals surface area contributed by atoms with Crippen molar-refractivity contribution in [2.75, 3.05) is 7.11 Å². The second kappa shape index (κ2) is 8.25. The molecule has 0 heterocycles. The fraction of sp³-hybridized carbons (Fsp3) is 0.0476. The van der Waals surface area contributed by atoms with Crippen molar-refractivity contribution in [3.63, 3.8) is 0 Å². The van der Waals surface area contributed by atoms with E-state index < -0.39 is 9.84 Å². The van der Waals surface area contributed by atoms with Gasteiger partial charge in [-0.15, -0.1) is 0 Å². The van der Waals surface area contributed by atoms with Crippen LogP contribution in [-0.4, -0.2) is 15.5 Å². The Morgan fingerprint density at radius 3 is 2.00 bits per heavy atom. The zero-order valence-corrected chi connectivity index (χ0v) is 15.8. The van der Waals surface area contributed by atoms with Crippen molar-refractivity contribution in [1.29, 1.82) is 0 Å². The van der Waals surface area contributed by atoms with E-state index in [4.69, 9.17) is 4.74 Å². The highest BCUT2D eigenvalue weighted by atomic mass is 32.2. The van der Waals surface area contributed by atoms with E-state index in [2.05, 4.69) is 0 Å². The molecule has 5 heteroatoms. The molecule has 0 aliphatic heterocycles. The van der Waals surface area contributed by atoms with Gasteiger partial charge in [0.25, 0.3) is 0 Å². The topological polar surface area (TPSA) is 43.4 Å². The molecular formula is C21H18O3S2. The number of ether oxygens (including phenoxy) is 1. The van der Waals surface area contributed by atoms with E-state index in [9.17, 15) is 8.42 Å². The minimum Gasteiger partial charge on any atom is -0.497 e. The molecule has 132 valence electrons. The van der Waals surface area contributed by atoms with E-state index >= 15 is 0 Å². The molecule has 3 aromatic rings. The van der Waals surface area contributed by atoms with Crippen molar-refractivity contribution < 1.29 is 13.2 Å². The minimum absolute atomic E-state index is 0.277. The van der Waals surface area contributed by atoms with Crippen LogP contribution in [0.1, 0.15) is 5.56 Å². The van der Waals surface area contributed by atoms with Crippen molar-refractivity contribution in [3.8, 4) is 5.75 Å². The lowest BCUT2D eigenvalue weighted by molar-refractivity contribution is 0.415. The molecule has 3 aromatic carbocycles. The van der Waals surface area contributed by atoms with Crippen LogP contribution in [0.3, 0.4) is 0 Å². The van der Waals surface area contributed by atoms with Crippen molar-refractivity contribution in [1.82, 2.24) is 0 Å². The Labute approximate surface area is 158 Å². The molecule has 0 aromatic heterocycles. The Hall–Kier alpha value is -2.50. The van der Waals surface area contributed by atoms with E-state index in [0.29, 0.717) is 4.91 Å². The lowest BCUT2D eigenvalue weighted by atomic mass is 10.2. The second-order valence-electron chi connectivity index (χ2n) is 5.48. The normalized spacial score (nSPS) is 12.0. The summed E-state index contributed by atoms with van der Waals surface area (Å²) in [7, 11) is -1.96. The van der Waals surface area contributed by atoms with E-state index in [1.54, 1.807) is 37.4 Å². The van der Waals surface area contributed by atoms with E-state index in [1.165, 1.54) is 17.2 Å². The zero-order valence-electron chi connectivity index (χ0n) is 14.2. The van der Waals surface area contributed by atoms with Crippen molar-refractivity contribution in [2.45, 2.75) is 9.79 Å². The van der Waals surface area contributed by atoms with E-state index in [0.717, 1.165) is 16.2 Å². The van der Waals surface area contributed by atoms with Gasteiger partial charge in [0.2, 0.25) is 9.84 Å². The van der Waals surface area contributed by atoms with Crippen molar-refractivity contribution in [3.05, 3.63) is 95.9 Å². The first-order valence-corrected chi connectivity index (χ1v) is 10.3. The molecule has 0 spiro atoms. The lowest BCUT2D eigenvalue weighted by Gasteiger charge is -2.09. The van der Waals surface area contributed by atoms with Gasteiger partial charge in [0, 0.05) is 9.80 Å². The summed E-state index contributed by atoms with van der Waals surface area (Å²) in [6.07, 6.45) is 0. The molecule has 0 saturated carbocycles. The molecule has 0 aliphatic carbocycles. The summed E-state index contributed by atoms with van der Waals surface area (Å²) in [5.74, 6) is 0.726. The Bertz CT molecular complexity index is 978. The molecule has 0 amide bonds. The van der Waals surface area contributed by atoms with Gasteiger partial charge in [0.1, 0.15) is 5.75 Å². The summed E-state index contributed by atoms with van der Waals surface area (Å²) >= 11 is 1.42. The summed E-state index contributed by atoms with van der Waals surface area (Å²) in [6, 6.07) is 25.5. The first kappa shape index (κ1) is 18.3. The van der Waals surface area contributed by atoms with E-state index in [1.807, 2.05) is 54.6 Å². The molecule has 0 N–H and O–H groups in total. The van der Waals surface area contributed by atoms with Gasteiger partial charge in [-0.05, 0) is 42.0 Å². The zero-order chi connectivity index (χ0) is 18.4. The average molecular weight is 383 g/mol. The van der Waals surface area contributed by atoms with Crippen LogP contribution < -0.4 is 4.74 Å². The molecule has 26 heavy (non-hydrogen) atoms. The molecule has 0 atom stereocenters. The van der Waals surface area contributed by atoms with Crippen LogP contribution in [-0.2, 0) is 9.84 Å². The van der Waals surface area contributed by atoms with Crippen LogP contribution in [0.25, 0.3) is 4.91 Å². The third kappa shape index (κ3) is 4.56. The van der Waals surface area contributed by atoms with E-state index in [-0.39, 0.29) is 4.90 Å². The summed E-state index contributed by atoms with van der Waals surface area (Å²) in [4.78, 5) is 1.90. The monoisotopic (exact) mass is 382 g/mol. The molecule has 3 nitrogen and oxygen atoms in total. The van der Waals surface area contributed by atoms with Crippen molar-refractivity contribution in [2.24, 2.45) is 0 Å². The van der Waals surface area contributed by atoms with Gasteiger partial charge in [-0.2, -0.15) is 0 Å². The molecule has 0 unspecified atom stereocenters. The summed E-state index contributed by atoms with van der Waals surface area (Å²) in [5, 5.41) is 1.34. The lowest BCUT2D eigenvalue weighted by Crippen LogP contribution is -1.97. The number of benzene rings is 3. The highest BCUT2D eigenvalue weighted by Gasteiger charge is 2.15. The molecule has 0 fully saturated rings. The first-order chi connectivity index (χ1) is 12.6. The van der Waals surface area contributed by atoms with Gasteiger partial charge >= 0.3 is 0 Å². The van der Waals surface area contributed by atoms with Crippen LogP contribution in [0, 0.1) is 0 Å². The SMILES string of the molecule is COc1ccc(/C(=C\S(=O)(=O)c2ccccc2)Sc2ccccc2)cc1. The smallest absolute Gasteiger partial charge is 0.200 e. The highest BCUT2D eigenvalue weighted by Crippen LogP contribution is 2.36. The largest absolute Gasteiger partial charge is 0.497 e. The highest BCUT2D eigenvalue weighted by molar-refractivity contribution is 8.09. The van der Waals surface area contributed by atoms with Gasteiger partial charge in [-0.3, -0.25) is 0 Å². The second-order valence-corrected chi connectivity index (χ2v) is 8.40. The number of methoxy groups -OCH3 is 1. The predicted molar refractivity (Wildman–Crippen MR) is 107 cm³/mol. The maximum atomic E-state index is 12.8. The van der Waals surface area contributed by atoms with Crippen LogP contribution in [0.5, 0.6) is 5.75 Å². The molecule has 0 radical (unpaired) electrons. The molecule has 3 rings (SSSR count). The van der Waals surface area contributed by atoms with Crippen LogP contribution in [0.4, 0.5) is 0 Å². The van der Waals surface area contributed by atoms with Crippen molar-refractivity contribution >= 4 is 26.5 Å². The first-order valence-electron chi connectivity index (χ1n) is 7.98. The Balaban J connectivity index is 2.04. The summed E-state index contributed by atoms with van der Waals surface area (Å²) in [6.45, 7) is 0. The van der Waals surface area contributed by atoms with Crippen LogP contribution in [0.2, 0.25) is 0 Å². The van der Waals surface area contributed by atoms with Gasteiger partial charge in [-0.1, -0.05) is 60.3 Å². The fourth-order valence-corrected chi connectivity index (χ4v) is 4.81. The Kier molecular flexibility index (Phi) is 5.81. The van der Waals surface area contributed by atoms with Gasteiger partial charge < -0.3 is 4.74 Å². The quantitative estimate of drug-likeness (QED) is 0.546. The minimum atomic E-state index is -3.56. The summed E-state index contributed by atoms with van der Waals surface area (Å²) in [5.41, 5.74) is 0.819. The number of hydrogen-bond acceptors (Lipinski definition) is 4. The number of rotatable bonds is 6. The van der Waals surface area contributed by atoms with Crippen LogP contribution in [0.15, 0.2) is 100 Å². The Morgan fingerprint density at radius 1 is 0.846 bits per heavy atom. The molecule has 0 saturated heterocycles. The third-order valence-electron chi connectivity index (χ3n) is 3.68. The Morgan fingerprint density at radius 2 is 1.42 bits per heavy atom. The van der Waals surface area contributed by atoms with Crippen LogP contribution >= 0.6 is 11.8 Å².